The third-order valence-electron chi connectivity index (χ3n) is 0.968. The Hall–Kier alpha value is -0.180. The Morgan fingerprint density at radius 3 is 2.10 bits per heavy atom. The Bertz CT molecular complexity index is 85.7. The van der Waals surface area contributed by atoms with E-state index < -0.39 is 0 Å². The predicted molar refractivity (Wildman–Crippen MR) is 48.4 cm³/mol. The molecule has 62 valence electrons. The van der Waals surface area contributed by atoms with Crippen LogP contribution in [0.3, 0.4) is 0 Å². The maximum atomic E-state index is 10.6. The lowest BCUT2D eigenvalue weighted by Crippen LogP contribution is -2.26. The monoisotopic (exact) mass is 163 g/mol. The zero-order valence-electron chi connectivity index (χ0n) is 7.14. The van der Waals surface area contributed by atoms with Crippen LogP contribution in [0, 0.1) is 5.92 Å². The Morgan fingerprint density at radius 1 is 1.60 bits per heavy atom. The largest absolute Gasteiger partial charge is 0.359 e. The number of hydrogen-bond donors (Lipinski definition) is 2. The third-order valence-corrected chi connectivity index (χ3v) is 1.52. The van der Waals surface area contributed by atoms with Gasteiger partial charge in [0, 0.05) is 18.7 Å². The zero-order chi connectivity index (χ0) is 8.57. The smallest absolute Gasteiger partial charge is 0.223 e. The van der Waals surface area contributed by atoms with Gasteiger partial charge in [0.05, 0.1) is 0 Å². The van der Waals surface area contributed by atoms with Gasteiger partial charge in [-0.25, -0.2) is 0 Å². The summed E-state index contributed by atoms with van der Waals surface area (Å²) in [6, 6.07) is 0. The molecule has 0 heterocycles. The molecule has 0 aromatic carbocycles. The van der Waals surface area contributed by atoms with E-state index in [0.717, 1.165) is 0 Å². The van der Waals surface area contributed by atoms with E-state index in [1.165, 1.54) is 0 Å². The summed E-state index contributed by atoms with van der Waals surface area (Å²) >= 11 is 3.95. The highest BCUT2D eigenvalue weighted by molar-refractivity contribution is 7.80. The molecular weight excluding hydrogens is 146 g/mol. The van der Waals surface area contributed by atoms with Crippen LogP contribution in [0.1, 0.15) is 20.8 Å². The quantitative estimate of drug-likeness (QED) is 0.591. The molecule has 0 aromatic heterocycles. The lowest BCUT2D eigenvalue weighted by atomic mass is 10.2. The van der Waals surface area contributed by atoms with Gasteiger partial charge in [-0.2, -0.15) is 12.6 Å². The van der Waals surface area contributed by atoms with Crippen LogP contribution in [-0.2, 0) is 4.79 Å². The van der Waals surface area contributed by atoms with Gasteiger partial charge in [0.15, 0.2) is 0 Å². The fourth-order valence-corrected chi connectivity index (χ4v) is 0.495. The SMILES string of the molecule is CC.CNC(=O)C(C)CS. The molecule has 0 bridgehead atoms. The minimum atomic E-state index is 0.0309. The van der Waals surface area contributed by atoms with Crippen LogP contribution in [0.25, 0.3) is 0 Å². The molecule has 0 aliphatic heterocycles. The Morgan fingerprint density at radius 2 is 2.00 bits per heavy atom. The van der Waals surface area contributed by atoms with Crippen LogP contribution in [0.4, 0.5) is 0 Å². The second-order valence-electron chi connectivity index (χ2n) is 1.70. The van der Waals surface area contributed by atoms with E-state index in [0.29, 0.717) is 5.75 Å². The normalized spacial score (nSPS) is 10.9. The molecule has 3 heteroatoms. The molecule has 0 spiro atoms. The van der Waals surface area contributed by atoms with E-state index in [-0.39, 0.29) is 11.8 Å². The van der Waals surface area contributed by atoms with Crippen molar-refractivity contribution in [1.82, 2.24) is 5.32 Å². The van der Waals surface area contributed by atoms with Gasteiger partial charge in [0.1, 0.15) is 0 Å². The third kappa shape index (κ3) is 5.95. The molecule has 1 unspecified atom stereocenters. The van der Waals surface area contributed by atoms with Gasteiger partial charge in [0.2, 0.25) is 5.91 Å². The van der Waals surface area contributed by atoms with Crippen LogP contribution in [0.15, 0.2) is 0 Å². The van der Waals surface area contributed by atoms with Gasteiger partial charge < -0.3 is 5.32 Å². The summed E-state index contributed by atoms with van der Waals surface area (Å²) in [5.41, 5.74) is 0. The average molecular weight is 163 g/mol. The number of amides is 1. The summed E-state index contributed by atoms with van der Waals surface area (Å²) in [6.45, 7) is 5.84. The van der Waals surface area contributed by atoms with E-state index >= 15 is 0 Å². The molecule has 0 aliphatic carbocycles. The van der Waals surface area contributed by atoms with Crippen molar-refractivity contribution < 1.29 is 4.79 Å². The minimum absolute atomic E-state index is 0.0309. The van der Waals surface area contributed by atoms with E-state index in [9.17, 15) is 4.79 Å². The molecule has 0 rings (SSSR count). The first-order chi connectivity index (χ1) is 4.72. The van der Waals surface area contributed by atoms with Crippen LogP contribution in [0.2, 0.25) is 0 Å². The Balaban J connectivity index is 0. The zero-order valence-corrected chi connectivity index (χ0v) is 8.03. The van der Waals surface area contributed by atoms with Crippen LogP contribution in [-0.4, -0.2) is 18.7 Å². The van der Waals surface area contributed by atoms with Crippen molar-refractivity contribution in [2.45, 2.75) is 20.8 Å². The van der Waals surface area contributed by atoms with Gasteiger partial charge >= 0.3 is 0 Å². The van der Waals surface area contributed by atoms with Crippen molar-refractivity contribution in [2.24, 2.45) is 5.92 Å². The standard InChI is InChI=1S/C5H11NOS.C2H6/c1-4(3-8)5(7)6-2;1-2/h4,8H,3H2,1-2H3,(H,6,7);1-2H3. The molecule has 10 heavy (non-hydrogen) atoms. The highest BCUT2D eigenvalue weighted by Gasteiger charge is 2.06. The second kappa shape index (κ2) is 8.82. The fraction of sp³-hybridized carbons (Fsp3) is 0.857. The van der Waals surface area contributed by atoms with Crippen molar-refractivity contribution in [3.63, 3.8) is 0 Å². The molecular formula is C7H17NOS. The molecule has 1 amide bonds. The summed E-state index contributed by atoms with van der Waals surface area (Å²) in [4.78, 5) is 10.6. The van der Waals surface area contributed by atoms with Crippen molar-refractivity contribution in [3.8, 4) is 0 Å². The van der Waals surface area contributed by atoms with Gasteiger partial charge in [0.25, 0.3) is 0 Å². The summed E-state index contributed by atoms with van der Waals surface area (Å²) in [5.74, 6) is 0.697. The van der Waals surface area contributed by atoms with Gasteiger partial charge in [-0.15, -0.1) is 0 Å². The van der Waals surface area contributed by atoms with E-state index in [1.54, 1.807) is 7.05 Å². The molecule has 0 saturated heterocycles. The fourth-order valence-electron chi connectivity index (χ4n) is 0.329. The maximum absolute atomic E-state index is 10.6. The Labute approximate surface area is 68.8 Å². The summed E-state index contributed by atoms with van der Waals surface area (Å²) < 4.78 is 0. The van der Waals surface area contributed by atoms with Gasteiger partial charge in [-0.05, 0) is 0 Å². The van der Waals surface area contributed by atoms with Crippen LogP contribution < -0.4 is 5.32 Å². The second-order valence-corrected chi connectivity index (χ2v) is 2.06. The lowest BCUT2D eigenvalue weighted by molar-refractivity contribution is -0.123. The average Bonchev–Trinajstić information content (AvgIpc) is 2.05. The molecule has 0 aromatic rings. The van der Waals surface area contributed by atoms with Crippen LogP contribution >= 0.6 is 12.6 Å². The van der Waals surface area contributed by atoms with E-state index in [4.69, 9.17) is 0 Å². The first-order valence-corrected chi connectivity index (χ1v) is 4.18. The number of carbonyl (C=O) groups excluding carboxylic acids is 1. The molecule has 1 N–H and O–H groups in total. The summed E-state index contributed by atoms with van der Waals surface area (Å²) in [5, 5.41) is 2.53. The number of hydrogen-bond acceptors (Lipinski definition) is 2. The van der Waals surface area contributed by atoms with Gasteiger partial charge in [-0.1, -0.05) is 20.8 Å². The lowest BCUT2D eigenvalue weighted by Gasteiger charge is -2.03. The van der Waals surface area contributed by atoms with Crippen LogP contribution in [0.5, 0.6) is 0 Å². The highest BCUT2D eigenvalue weighted by atomic mass is 32.1. The topological polar surface area (TPSA) is 29.1 Å². The Kier molecular flexibility index (Phi) is 11.0. The summed E-state index contributed by atoms with van der Waals surface area (Å²) in [7, 11) is 1.63. The first-order valence-electron chi connectivity index (χ1n) is 3.54. The summed E-state index contributed by atoms with van der Waals surface area (Å²) in [6.07, 6.45) is 0. The highest BCUT2D eigenvalue weighted by Crippen LogP contribution is 1.94. The molecule has 0 radical (unpaired) electrons. The number of carbonyl (C=O) groups is 1. The molecule has 1 atom stereocenters. The van der Waals surface area contributed by atoms with Crippen molar-refractivity contribution >= 4 is 18.5 Å². The van der Waals surface area contributed by atoms with Crippen molar-refractivity contribution in [2.75, 3.05) is 12.8 Å². The van der Waals surface area contributed by atoms with Gasteiger partial charge in [-0.3, -0.25) is 4.79 Å². The predicted octanol–water partition coefficient (Wildman–Crippen LogP) is 1.32. The number of nitrogens with one attached hydrogen (secondary N) is 1. The van der Waals surface area contributed by atoms with E-state index in [2.05, 4.69) is 17.9 Å². The molecule has 0 fully saturated rings. The molecule has 0 saturated carbocycles. The molecule has 0 aliphatic rings. The van der Waals surface area contributed by atoms with E-state index in [1.807, 2.05) is 20.8 Å². The number of thiol groups is 1. The molecule has 2 nitrogen and oxygen atoms in total. The van der Waals surface area contributed by atoms with Crippen molar-refractivity contribution in [1.29, 1.82) is 0 Å². The minimum Gasteiger partial charge on any atom is -0.359 e. The maximum Gasteiger partial charge on any atom is 0.223 e. The first kappa shape index (κ1) is 12.5. The number of rotatable bonds is 2. The van der Waals surface area contributed by atoms with Crippen molar-refractivity contribution in [3.05, 3.63) is 0 Å².